The van der Waals surface area contributed by atoms with Crippen LogP contribution in [0.2, 0.25) is 0 Å². The van der Waals surface area contributed by atoms with Crippen molar-refractivity contribution in [3.05, 3.63) is 35.9 Å². The Kier molecular flexibility index (Phi) is 5.53. The first kappa shape index (κ1) is 17.7. The van der Waals surface area contributed by atoms with Crippen LogP contribution in [0.5, 0.6) is 5.75 Å². The molecule has 0 aliphatic carbocycles. The zero-order chi connectivity index (χ0) is 17.8. The van der Waals surface area contributed by atoms with Crippen molar-refractivity contribution in [1.29, 1.82) is 0 Å². The maximum Gasteiger partial charge on any atom is 0.227 e. The van der Waals surface area contributed by atoms with Gasteiger partial charge in [-0.1, -0.05) is 12.1 Å². The van der Waals surface area contributed by atoms with Crippen LogP contribution in [0.25, 0.3) is 0 Å². The van der Waals surface area contributed by atoms with Crippen LogP contribution in [-0.4, -0.2) is 41.1 Å². The van der Waals surface area contributed by atoms with E-state index in [-0.39, 0.29) is 11.6 Å². The Balaban J connectivity index is 1.76. The summed E-state index contributed by atoms with van der Waals surface area (Å²) in [6.45, 7) is 6.42. The van der Waals surface area contributed by atoms with Gasteiger partial charge in [0.1, 0.15) is 0 Å². The van der Waals surface area contributed by atoms with Crippen molar-refractivity contribution in [3.8, 4) is 5.75 Å². The normalized spacial score (nSPS) is 16.9. The number of para-hydroxylation sites is 1. The number of piperidine rings is 1. The van der Waals surface area contributed by atoms with Gasteiger partial charge < -0.3 is 14.4 Å². The Hall–Kier alpha value is -2.15. The molecule has 1 fully saturated rings. The molecule has 1 aromatic carbocycles. The van der Waals surface area contributed by atoms with Gasteiger partial charge in [-0.05, 0) is 38.8 Å². The van der Waals surface area contributed by atoms with Crippen LogP contribution < -0.4 is 9.64 Å². The number of ether oxygens (including phenoxy) is 2. The number of hydrogen-bond acceptors (Lipinski definition) is 5. The number of methoxy groups -OCH3 is 1. The molecule has 0 radical (unpaired) electrons. The summed E-state index contributed by atoms with van der Waals surface area (Å²) in [4.78, 5) is 2.23. The molecule has 0 amide bonds. The first-order valence-electron chi connectivity index (χ1n) is 8.76. The quantitative estimate of drug-likeness (QED) is 0.802. The second-order valence-electron chi connectivity index (χ2n) is 6.22. The lowest BCUT2D eigenvalue weighted by molar-refractivity contribution is 0.0815. The van der Waals surface area contributed by atoms with Crippen LogP contribution in [0.1, 0.15) is 38.6 Å². The van der Waals surface area contributed by atoms with Crippen molar-refractivity contribution in [2.75, 3.05) is 25.1 Å². The van der Waals surface area contributed by atoms with Crippen LogP contribution in [0.3, 0.4) is 0 Å². The van der Waals surface area contributed by atoms with Gasteiger partial charge in [-0.2, -0.15) is 0 Å². The van der Waals surface area contributed by atoms with E-state index in [4.69, 9.17) is 9.47 Å². The Morgan fingerprint density at radius 1 is 1.24 bits per heavy atom. The lowest BCUT2D eigenvalue weighted by atomic mass is 10.1. The number of anilines is 1. The minimum Gasteiger partial charge on any atom is -0.480 e. The summed E-state index contributed by atoms with van der Waals surface area (Å²) in [7, 11) is 1.76. The van der Waals surface area contributed by atoms with Gasteiger partial charge in [-0.15, -0.1) is 10.2 Å². The van der Waals surface area contributed by atoms with E-state index in [0.717, 1.165) is 38.4 Å². The summed E-state index contributed by atoms with van der Waals surface area (Å²) in [5.41, 5.74) is 0. The van der Waals surface area contributed by atoms with E-state index in [2.05, 4.69) is 15.1 Å². The van der Waals surface area contributed by atoms with E-state index in [9.17, 15) is 4.39 Å². The molecule has 1 saturated heterocycles. The van der Waals surface area contributed by atoms with Gasteiger partial charge in [0.05, 0.1) is 6.10 Å². The van der Waals surface area contributed by atoms with E-state index < -0.39 is 6.10 Å². The maximum atomic E-state index is 13.8. The molecule has 7 heteroatoms. The highest BCUT2D eigenvalue weighted by molar-refractivity contribution is 5.33. The highest BCUT2D eigenvalue weighted by Crippen LogP contribution is 2.27. The molecule has 0 N–H and O–H groups in total. The molecule has 1 atom stereocenters. The van der Waals surface area contributed by atoms with Gasteiger partial charge in [-0.25, -0.2) is 4.39 Å². The van der Waals surface area contributed by atoms with Crippen LogP contribution in [-0.2, 0) is 11.3 Å². The number of rotatable bonds is 6. The third-order valence-corrected chi connectivity index (χ3v) is 4.64. The minimum atomic E-state index is -0.394. The second-order valence-corrected chi connectivity index (χ2v) is 6.22. The largest absolute Gasteiger partial charge is 0.480 e. The predicted octanol–water partition coefficient (Wildman–Crippen LogP) is 3.19. The lowest BCUT2D eigenvalue weighted by Crippen LogP contribution is -2.38. The molecule has 0 saturated carbocycles. The fourth-order valence-electron chi connectivity index (χ4n) is 3.22. The van der Waals surface area contributed by atoms with Gasteiger partial charge >= 0.3 is 0 Å². The highest BCUT2D eigenvalue weighted by Gasteiger charge is 2.26. The molecule has 1 aliphatic heterocycles. The third kappa shape index (κ3) is 3.76. The summed E-state index contributed by atoms with van der Waals surface area (Å²) < 4.78 is 27.1. The Morgan fingerprint density at radius 3 is 2.60 bits per heavy atom. The van der Waals surface area contributed by atoms with Crippen LogP contribution in [0.4, 0.5) is 10.3 Å². The molecule has 25 heavy (non-hydrogen) atoms. The fourth-order valence-corrected chi connectivity index (χ4v) is 3.22. The van der Waals surface area contributed by atoms with Crippen molar-refractivity contribution in [2.45, 2.75) is 45.4 Å². The van der Waals surface area contributed by atoms with Crippen LogP contribution >= 0.6 is 0 Å². The molecule has 2 heterocycles. The number of halogens is 1. The average molecular weight is 348 g/mol. The van der Waals surface area contributed by atoms with E-state index in [1.165, 1.54) is 6.07 Å². The van der Waals surface area contributed by atoms with E-state index in [1.54, 1.807) is 25.3 Å². The number of nitrogens with zero attached hydrogens (tertiary/aromatic N) is 4. The van der Waals surface area contributed by atoms with Gasteiger partial charge in [0, 0.05) is 26.7 Å². The molecular weight excluding hydrogens is 323 g/mol. The summed E-state index contributed by atoms with van der Waals surface area (Å²) in [6.07, 6.45) is 1.87. The predicted molar refractivity (Wildman–Crippen MR) is 93.4 cm³/mol. The fraction of sp³-hybridized carbons (Fsp3) is 0.556. The first-order valence-corrected chi connectivity index (χ1v) is 8.76. The molecule has 2 aromatic rings. The average Bonchev–Trinajstić information content (AvgIpc) is 3.08. The van der Waals surface area contributed by atoms with E-state index in [1.807, 2.05) is 18.4 Å². The summed E-state index contributed by atoms with van der Waals surface area (Å²) in [5, 5.41) is 8.69. The minimum absolute atomic E-state index is 0.225. The van der Waals surface area contributed by atoms with Crippen molar-refractivity contribution in [1.82, 2.24) is 14.8 Å². The molecule has 0 spiro atoms. The first-order chi connectivity index (χ1) is 12.1. The maximum absolute atomic E-state index is 13.8. The summed E-state index contributed by atoms with van der Waals surface area (Å²) in [5.74, 6) is 1.40. The monoisotopic (exact) mass is 348 g/mol. The molecule has 6 nitrogen and oxygen atoms in total. The Morgan fingerprint density at radius 2 is 1.96 bits per heavy atom. The SMILES string of the molecule is CCn1c(C(C)Oc2ccccc2F)nnc1N1CCC(OC)CC1. The Bertz CT molecular complexity index is 698. The molecule has 0 bridgehead atoms. The highest BCUT2D eigenvalue weighted by atomic mass is 19.1. The summed E-state index contributed by atoms with van der Waals surface area (Å²) in [6, 6.07) is 6.40. The topological polar surface area (TPSA) is 52.4 Å². The molecule has 136 valence electrons. The smallest absolute Gasteiger partial charge is 0.227 e. The van der Waals surface area contributed by atoms with Gasteiger partial charge in [-0.3, -0.25) is 4.57 Å². The number of hydrogen-bond donors (Lipinski definition) is 0. The van der Waals surface area contributed by atoms with Crippen molar-refractivity contribution in [3.63, 3.8) is 0 Å². The third-order valence-electron chi connectivity index (χ3n) is 4.64. The molecule has 1 unspecified atom stereocenters. The van der Waals surface area contributed by atoms with E-state index in [0.29, 0.717) is 11.9 Å². The standard InChI is InChI=1S/C18H25FN4O2/c1-4-23-17(13(2)25-16-8-6-5-7-15(16)19)20-21-18(23)22-11-9-14(24-3)10-12-22/h5-8,13-14H,4,9-12H2,1-3H3. The second kappa shape index (κ2) is 7.82. The van der Waals surface area contributed by atoms with Gasteiger partial charge in [0.25, 0.3) is 0 Å². The van der Waals surface area contributed by atoms with Gasteiger partial charge in [0.2, 0.25) is 5.95 Å². The number of benzene rings is 1. The van der Waals surface area contributed by atoms with Crippen molar-refractivity contribution >= 4 is 5.95 Å². The van der Waals surface area contributed by atoms with Crippen molar-refractivity contribution in [2.24, 2.45) is 0 Å². The van der Waals surface area contributed by atoms with Gasteiger partial charge in [0.15, 0.2) is 23.5 Å². The molecule has 1 aliphatic rings. The van der Waals surface area contributed by atoms with Crippen molar-refractivity contribution < 1.29 is 13.9 Å². The summed E-state index contributed by atoms with van der Waals surface area (Å²) >= 11 is 0. The van der Waals surface area contributed by atoms with Crippen LogP contribution in [0, 0.1) is 5.82 Å². The Labute approximate surface area is 147 Å². The molecule has 1 aromatic heterocycles. The molecule has 3 rings (SSSR count). The lowest BCUT2D eigenvalue weighted by Gasteiger charge is -2.32. The molecular formula is C18H25FN4O2. The zero-order valence-electron chi connectivity index (χ0n) is 15.0. The number of aromatic nitrogens is 3. The zero-order valence-corrected chi connectivity index (χ0v) is 15.0. The van der Waals surface area contributed by atoms with E-state index >= 15 is 0 Å². The van der Waals surface area contributed by atoms with Crippen LogP contribution in [0.15, 0.2) is 24.3 Å².